The summed E-state index contributed by atoms with van der Waals surface area (Å²) in [6.45, 7) is 6.32. The molecule has 2 aromatic heterocycles. The van der Waals surface area contributed by atoms with E-state index in [9.17, 15) is 0 Å². The highest BCUT2D eigenvalue weighted by Gasteiger charge is 2.20. The minimum absolute atomic E-state index is 0.855. The molecule has 0 aliphatic carbocycles. The average molecular weight is 707 g/mol. The Morgan fingerprint density at radius 3 is 1.12 bits per heavy atom. The Morgan fingerprint density at radius 1 is 0.476 bits per heavy atom. The van der Waals surface area contributed by atoms with Crippen LogP contribution in [0.4, 0.5) is 0 Å². The van der Waals surface area contributed by atoms with Gasteiger partial charge < -0.3 is 0 Å². The van der Waals surface area contributed by atoms with Crippen LogP contribution in [0.5, 0.6) is 0 Å². The molecule has 0 N–H and O–H groups in total. The Morgan fingerprint density at radius 2 is 0.786 bits per heavy atom. The van der Waals surface area contributed by atoms with Gasteiger partial charge in [-0.1, -0.05) is 164 Å². The molecule has 3 aromatic rings. The summed E-state index contributed by atoms with van der Waals surface area (Å²) < 4.78 is 5.85. The van der Waals surface area contributed by atoms with Gasteiger partial charge in [0.05, 0.1) is 0 Å². The molecule has 2 heterocycles. The lowest BCUT2D eigenvalue weighted by atomic mass is 10.0. The summed E-state index contributed by atoms with van der Waals surface area (Å²) in [5.41, 5.74) is 3.75. The molecule has 42 heavy (non-hydrogen) atoms. The number of rotatable bonds is 24. The molecule has 0 amide bonds. The Labute approximate surface area is 272 Å². The van der Waals surface area contributed by atoms with Crippen molar-refractivity contribution >= 4 is 31.9 Å². The SMILES string of the molecule is CCCCCCCCCCCCn1nnc(-c2ccccc2-c2nnn(CCCCCCCCCCCC)c2Br)c1Br. The zero-order chi connectivity index (χ0) is 29.8. The Kier molecular flexibility index (Phi) is 17.6. The maximum absolute atomic E-state index is 4.57. The van der Waals surface area contributed by atoms with Crippen molar-refractivity contribution in [2.75, 3.05) is 0 Å². The molecule has 0 unspecified atom stereocenters. The number of hydrogen-bond acceptors (Lipinski definition) is 4. The lowest BCUT2D eigenvalue weighted by Gasteiger charge is -2.07. The van der Waals surface area contributed by atoms with Crippen LogP contribution in [0.2, 0.25) is 0 Å². The van der Waals surface area contributed by atoms with Crippen LogP contribution in [0.15, 0.2) is 33.5 Å². The first kappa shape index (κ1) is 34.9. The summed E-state index contributed by atoms with van der Waals surface area (Å²) in [6, 6.07) is 8.30. The number of aromatic nitrogens is 6. The monoisotopic (exact) mass is 704 g/mol. The summed E-state index contributed by atoms with van der Waals surface area (Å²) >= 11 is 7.61. The van der Waals surface area contributed by atoms with Gasteiger partial charge in [-0.25, -0.2) is 9.36 Å². The maximum Gasteiger partial charge on any atom is 0.132 e. The smallest absolute Gasteiger partial charge is 0.132 e. The largest absolute Gasteiger partial charge is 0.238 e. The first-order valence-electron chi connectivity index (χ1n) is 16.9. The van der Waals surface area contributed by atoms with Crippen molar-refractivity contribution in [2.24, 2.45) is 0 Å². The summed E-state index contributed by atoms with van der Waals surface area (Å²) in [5, 5.41) is 18.1. The summed E-state index contributed by atoms with van der Waals surface area (Å²) in [5.74, 6) is 0. The van der Waals surface area contributed by atoms with Crippen molar-refractivity contribution < 1.29 is 0 Å². The van der Waals surface area contributed by atoms with Crippen molar-refractivity contribution in [3.05, 3.63) is 33.5 Å². The van der Waals surface area contributed by atoms with Gasteiger partial charge in [-0.3, -0.25) is 0 Å². The van der Waals surface area contributed by atoms with Crippen LogP contribution in [-0.2, 0) is 13.1 Å². The second-order valence-corrected chi connectivity index (χ2v) is 13.3. The molecule has 0 radical (unpaired) electrons. The minimum Gasteiger partial charge on any atom is -0.238 e. The van der Waals surface area contributed by atoms with Crippen LogP contribution in [0, 0.1) is 0 Å². The molecule has 0 atom stereocenters. The summed E-state index contributed by atoms with van der Waals surface area (Å²) in [4.78, 5) is 0. The predicted octanol–water partition coefficient (Wildman–Crippen LogP) is 11.6. The lowest BCUT2D eigenvalue weighted by molar-refractivity contribution is 0.503. The van der Waals surface area contributed by atoms with Crippen LogP contribution in [0.3, 0.4) is 0 Å². The van der Waals surface area contributed by atoms with Gasteiger partial charge in [-0.05, 0) is 44.7 Å². The minimum atomic E-state index is 0.855. The third kappa shape index (κ3) is 11.9. The van der Waals surface area contributed by atoms with Gasteiger partial charge in [-0.15, -0.1) is 10.2 Å². The van der Waals surface area contributed by atoms with Crippen molar-refractivity contribution in [3.63, 3.8) is 0 Å². The highest BCUT2D eigenvalue weighted by molar-refractivity contribution is 9.10. The highest BCUT2D eigenvalue weighted by Crippen LogP contribution is 2.36. The molecular formula is C34H54Br2N6. The Balaban J connectivity index is 1.46. The van der Waals surface area contributed by atoms with Crippen molar-refractivity contribution in [1.29, 1.82) is 0 Å². The van der Waals surface area contributed by atoms with Gasteiger partial charge in [0.25, 0.3) is 0 Å². The molecule has 6 nitrogen and oxygen atoms in total. The molecule has 0 aliphatic heterocycles. The summed E-state index contributed by atoms with van der Waals surface area (Å²) in [7, 11) is 0. The van der Waals surface area contributed by atoms with Gasteiger partial charge in [-0.2, -0.15) is 0 Å². The molecule has 0 fully saturated rings. The van der Waals surface area contributed by atoms with Crippen LogP contribution < -0.4 is 0 Å². The quantitative estimate of drug-likeness (QED) is 0.0870. The van der Waals surface area contributed by atoms with E-state index in [0.29, 0.717) is 0 Å². The number of hydrogen-bond donors (Lipinski definition) is 0. The van der Waals surface area contributed by atoms with E-state index in [1.54, 1.807) is 0 Å². The topological polar surface area (TPSA) is 61.4 Å². The van der Waals surface area contributed by atoms with E-state index in [1.807, 2.05) is 9.36 Å². The number of halogens is 2. The summed E-state index contributed by atoms with van der Waals surface area (Å²) in [6.07, 6.45) is 26.6. The molecule has 3 rings (SSSR count). The maximum atomic E-state index is 4.57. The van der Waals surface area contributed by atoms with Crippen LogP contribution >= 0.6 is 31.9 Å². The molecule has 0 aliphatic rings. The third-order valence-corrected chi connectivity index (χ3v) is 9.80. The van der Waals surface area contributed by atoms with Gasteiger partial charge in [0.1, 0.15) is 20.6 Å². The number of aryl methyl sites for hydroxylation is 2. The van der Waals surface area contributed by atoms with Gasteiger partial charge in [0.15, 0.2) is 0 Å². The first-order valence-corrected chi connectivity index (χ1v) is 18.5. The second-order valence-electron chi connectivity index (χ2n) is 11.8. The fraction of sp³-hybridized carbons (Fsp3) is 0.706. The zero-order valence-corrected chi connectivity index (χ0v) is 29.5. The number of nitrogens with zero attached hydrogens (tertiary/aromatic N) is 6. The van der Waals surface area contributed by atoms with E-state index in [2.05, 4.69) is 90.6 Å². The predicted molar refractivity (Wildman–Crippen MR) is 184 cm³/mol. The molecule has 0 saturated carbocycles. The van der Waals surface area contributed by atoms with E-state index in [-0.39, 0.29) is 0 Å². The molecule has 0 spiro atoms. The van der Waals surface area contributed by atoms with E-state index < -0.39 is 0 Å². The molecule has 0 bridgehead atoms. The van der Waals surface area contributed by atoms with Crippen LogP contribution in [-0.4, -0.2) is 30.0 Å². The zero-order valence-electron chi connectivity index (χ0n) is 26.3. The van der Waals surface area contributed by atoms with Crippen molar-refractivity contribution in [1.82, 2.24) is 30.0 Å². The van der Waals surface area contributed by atoms with E-state index in [1.165, 1.54) is 116 Å². The van der Waals surface area contributed by atoms with E-state index in [0.717, 1.165) is 57.7 Å². The average Bonchev–Trinajstić information content (AvgIpc) is 3.56. The van der Waals surface area contributed by atoms with E-state index >= 15 is 0 Å². The van der Waals surface area contributed by atoms with Crippen LogP contribution in [0.25, 0.3) is 22.5 Å². The molecular weight excluding hydrogens is 652 g/mol. The van der Waals surface area contributed by atoms with Crippen LogP contribution in [0.1, 0.15) is 142 Å². The Hall–Kier alpha value is -1.54. The third-order valence-electron chi connectivity index (χ3n) is 8.23. The normalized spacial score (nSPS) is 11.5. The molecule has 0 saturated heterocycles. The van der Waals surface area contributed by atoms with Gasteiger partial charge in [0.2, 0.25) is 0 Å². The lowest BCUT2D eigenvalue weighted by Crippen LogP contribution is -2.01. The standard InChI is InChI=1S/C34H54Br2N6/c1-3-5-7-9-11-13-15-17-19-23-27-41-33(35)31(37-39-41)29-25-21-22-26-30(29)32-34(36)42(40-38-32)28-24-20-18-16-14-12-10-8-6-4-2/h21-22,25-26H,3-20,23-24,27-28H2,1-2H3. The van der Waals surface area contributed by atoms with Gasteiger partial charge in [0, 0.05) is 24.2 Å². The van der Waals surface area contributed by atoms with Gasteiger partial charge >= 0.3 is 0 Å². The molecule has 234 valence electrons. The first-order chi connectivity index (χ1) is 20.7. The highest BCUT2D eigenvalue weighted by atomic mass is 79.9. The molecule has 1 aromatic carbocycles. The van der Waals surface area contributed by atoms with Crippen molar-refractivity contribution in [2.45, 2.75) is 155 Å². The van der Waals surface area contributed by atoms with Crippen molar-refractivity contribution in [3.8, 4) is 22.5 Å². The second kappa shape index (κ2) is 21.2. The number of benzene rings is 1. The fourth-order valence-electron chi connectivity index (χ4n) is 5.61. The van der Waals surface area contributed by atoms with E-state index in [4.69, 9.17) is 0 Å². The molecule has 8 heteroatoms. The number of unbranched alkanes of at least 4 members (excludes halogenated alkanes) is 18. The Bertz CT molecular complexity index is 1040. The fourth-order valence-corrected chi connectivity index (χ4v) is 6.70.